The third-order valence-corrected chi connectivity index (χ3v) is 6.59. The molecular weight excluding hydrogens is 318 g/mol. The van der Waals surface area contributed by atoms with Crippen LogP contribution in [0.3, 0.4) is 0 Å². The van der Waals surface area contributed by atoms with E-state index in [0.717, 1.165) is 15.1 Å². The number of aryl methyl sites for hydroxylation is 1. The molecule has 6 nitrogen and oxygen atoms in total. The first-order valence-corrected chi connectivity index (χ1v) is 8.64. The lowest BCUT2D eigenvalue weighted by atomic mass is 10.1. The van der Waals surface area contributed by atoms with E-state index in [1.807, 2.05) is 6.92 Å². The summed E-state index contributed by atoms with van der Waals surface area (Å²) in [6.45, 7) is 1.90. The Balaban J connectivity index is 1.69. The molecule has 3 heterocycles. The normalized spacial score (nSPS) is 24.9. The van der Waals surface area contributed by atoms with Crippen LogP contribution in [0.5, 0.6) is 0 Å². The Labute approximate surface area is 127 Å². The standard InChI is InChI=1S/C11H11N3O3S3/c1-5-12-13-11(19-5)18-4-6-2-7(10(16)17)14-8(15)3-9(14)20-6/h2,6,9H,3-4H2,1H3,(H,16,17)/t6?,9-/m1/s1. The number of carbonyl (C=O) groups is 2. The second-order valence-electron chi connectivity index (χ2n) is 4.35. The number of aliphatic carboxylic acids is 1. The lowest BCUT2D eigenvalue weighted by Gasteiger charge is -2.44. The van der Waals surface area contributed by atoms with Crippen molar-refractivity contribution < 1.29 is 14.7 Å². The lowest BCUT2D eigenvalue weighted by Crippen LogP contribution is -2.54. The van der Waals surface area contributed by atoms with Crippen molar-refractivity contribution in [1.29, 1.82) is 0 Å². The maximum atomic E-state index is 11.5. The molecule has 3 rings (SSSR count). The number of amides is 1. The number of thioether (sulfide) groups is 2. The summed E-state index contributed by atoms with van der Waals surface area (Å²) in [6.07, 6.45) is 2.09. The highest BCUT2D eigenvalue weighted by Crippen LogP contribution is 2.42. The van der Waals surface area contributed by atoms with E-state index in [9.17, 15) is 14.7 Å². The molecule has 1 saturated heterocycles. The molecule has 0 spiro atoms. The molecule has 0 bridgehead atoms. The van der Waals surface area contributed by atoms with Crippen molar-refractivity contribution in [3.05, 3.63) is 16.8 Å². The van der Waals surface area contributed by atoms with Gasteiger partial charge in [0.2, 0.25) is 5.91 Å². The average molecular weight is 329 g/mol. The van der Waals surface area contributed by atoms with Gasteiger partial charge in [0.15, 0.2) is 4.34 Å². The Kier molecular flexibility index (Phi) is 3.74. The summed E-state index contributed by atoms with van der Waals surface area (Å²) in [4.78, 5) is 24.0. The summed E-state index contributed by atoms with van der Waals surface area (Å²) in [7, 11) is 0. The van der Waals surface area contributed by atoms with Gasteiger partial charge in [0.05, 0.1) is 11.8 Å². The van der Waals surface area contributed by atoms with Gasteiger partial charge in [-0.2, -0.15) is 0 Å². The molecule has 1 aromatic heterocycles. The predicted octanol–water partition coefficient (Wildman–Crippen LogP) is 1.58. The molecule has 2 aliphatic rings. The van der Waals surface area contributed by atoms with Crippen LogP contribution in [0, 0.1) is 6.92 Å². The minimum Gasteiger partial charge on any atom is -0.477 e. The zero-order valence-corrected chi connectivity index (χ0v) is 12.9. The van der Waals surface area contributed by atoms with Gasteiger partial charge in [0, 0.05) is 11.0 Å². The van der Waals surface area contributed by atoms with Crippen LogP contribution in [-0.4, -0.2) is 48.5 Å². The first kappa shape index (κ1) is 13.9. The van der Waals surface area contributed by atoms with E-state index >= 15 is 0 Å². The smallest absolute Gasteiger partial charge is 0.352 e. The van der Waals surface area contributed by atoms with E-state index in [4.69, 9.17) is 0 Å². The number of nitrogens with zero attached hydrogens (tertiary/aromatic N) is 3. The molecule has 0 saturated carbocycles. The van der Waals surface area contributed by atoms with Gasteiger partial charge in [-0.1, -0.05) is 23.1 Å². The van der Waals surface area contributed by atoms with Crippen molar-refractivity contribution in [2.75, 3.05) is 5.75 Å². The molecule has 0 aliphatic carbocycles. The zero-order chi connectivity index (χ0) is 14.3. The summed E-state index contributed by atoms with van der Waals surface area (Å²) >= 11 is 4.74. The molecule has 1 fully saturated rings. The molecule has 1 amide bonds. The average Bonchev–Trinajstić information content (AvgIpc) is 2.80. The Morgan fingerprint density at radius 1 is 1.60 bits per heavy atom. The molecule has 20 heavy (non-hydrogen) atoms. The van der Waals surface area contributed by atoms with Crippen molar-refractivity contribution in [3.63, 3.8) is 0 Å². The monoisotopic (exact) mass is 329 g/mol. The van der Waals surface area contributed by atoms with Crippen molar-refractivity contribution in [3.8, 4) is 0 Å². The molecule has 1 aromatic rings. The van der Waals surface area contributed by atoms with Gasteiger partial charge in [-0.15, -0.1) is 22.0 Å². The van der Waals surface area contributed by atoms with Gasteiger partial charge in [-0.3, -0.25) is 9.69 Å². The highest BCUT2D eigenvalue weighted by molar-refractivity contribution is 8.04. The third-order valence-electron chi connectivity index (χ3n) is 2.94. The second-order valence-corrected chi connectivity index (χ2v) is 8.22. The Morgan fingerprint density at radius 3 is 3.00 bits per heavy atom. The van der Waals surface area contributed by atoms with Crippen LogP contribution in [0.15, 0.2) is 16.1 Å². The largest absolute Gasteiger partial charge is 0.477 e. The minimum absolute atomic E-state index is 0.0274. The van der Waals surface area contributed by atoms with E-state index in [0.29, 0.717) is 6.42 Å². The summed E-state index contributed by atoms with van der Waals surface area (Å²) in [5.74, 6) is -0.415. The Hall–Kier alpha value is -1.06. The van der Waals surface area contributed by atoms with Gasteiger partial charge in [-0.05, 0) is 13.0 Å². The summed E-state index contributed by atoms with van der Waals surface area (Å²) in [5.41, 5.74) is 0.115. The number of β-lactam (4-membered cyclic amide) rings is 1. The number of hydrogen-bond donors (Lipinski definition) is 1. The maximum Gasteiger partial charge on any atom is 0.352 e. The van der Waals surface area contributed by atoms with Crippen molar-refractivity contribution in [2.45, 2.75) is 28.3 Å². The van der Waals surface area contributed by atoms with Crippen LogP contribution < -0.4 is 0 Å². The number of fused-ring (bicyclic) bond motifs is 1. The molecule has 2 aliphatic heterocycles. The maximum absolute atomic E-state index is 11.5. The molecular formula is C11H11N3O3S3. The second kappa shape index (κ2) is 5.38. The lowest BCUT2D eigenvalue weighted by molar-refractivity contribution is -0.146. The first-order valence-electron chi connectivity index (χ1n) is 5.90. The van der Waals surface area contributed by atoms with Crippen LogP contribution >= 0.6 is 34.9 Å². The van der Waals surface area contributed by atoms with Crippen LogP contribution in [-0.2, 0) is 9.59 Å². The molecule has 1 unspecified atom stereocenters. The van der Waals surface area contributed by atoms with Crippen LogP contribution in [0.2, 0.25) is 0 Å². The highest BCUT2D eigenvalue weighted by atomic mass is 32.2. The van der Waals surface area contributed by atoms with Crippen molar-refractivity contribution in [2.24, 2.45) is 0 Å². The van der Waals surface area contributed by atoms with E-state index < -0.39 is 5.97 Å². The van der Waals surface area contributed by atoms with Crippen LogP contribution in [0.1, 0.15) is 11.4 Å². The molecule has 2 atom stereocenters. The van der Waals surface area contributed by atoms with Gasteiger partial charge in [-0.25, -0.2) is 4.79 Å². The van der Waals surface area contributed by atoms with Crippen LogP contribution in [0.4, 0.5) is 0 Å². The first-order chi connectivity index (χ1) is 9.54. The number of carboxylic acid groups (broad SMARTS) is 1. The number of hydrogen-bond acceptors (Lipinski definition) is 7. The van der Waals surface area contributed by atoms with Gasteiger partial charge < -0.3 is 5.11 Å². The number of carboxylic acids is 1. The quantitative estimate of drug-likeness (QED) is 0.663. The van der Waals surface area contributed by atoms with Crippen molar-refractivity contribution in [1.82, 2.24) is 15.1 Å². The van der Waals surface area contributed by atoms with E-state index in [1.165, 1.54) is 16.2 Å². The molecule has 9 heteroatoms. The van der Waals surface area contributed by atoms with E-state index in [-0.39, 0.29) is 22.2 Å². The summed E-state index contributed by atoms with van der Waals surface area (Å²) < 4.78 is 0.889. The zero-order valence-electron chi connectivity index (χ0n) is 10.5. The van der Waals surface area contributed by atoms with E-state index in [1.54, 1.807) is 29.6 Å². The molecule has 0 aromatic carbocycles. The minimum atomic E-state index is -1.04. The fourth-order valence-electron chi connectivity index (χ4n) is 2.03. The van der Waals surface area contributed by atoms with Gasteiger partial charge >= 0.3 is 5.97 Å². The Morgan fingerprint density at radius 2 is 2.40 bits per heavy atom. The fraction of sp³-hybridized carbons (Fsp3) is 0.455. The Bertz CT molecular complexity index is 601. The molecule has 1 N–H and O–H groups in total. The topological polar surface area (TPSA) is 83.4 Å². The highest BCUT2D eigenvalue weighted by Gasteiger charge is 2.45. The fourth-order valence-corrected chi connectivity index (χ4v) is 5.48. The predicted molar refractivity (Wildman–Crippen MR) is 77.7 cm³/mol. The van der Waals surface area contributed by atoms with E-state index in [2.05, 4.69) is 10.2 Å². The summed E-state index contributed by atoms with van der Waals surface area (Å²) in [6, 6.07) is 0. The number of aromatic nitrogens is 2. The number of carbonyl (C=O) groups excluding carboxylic acids is 1. The van der Waals surface area contributed by atoms with Gasteiger partial charge in [0.25, 0.3) is 0 Å². The number of rotatable bonds is 4. The summed E-state index contributed by atoms with van der Waals surface area (Å²) in [5, 5.41) is 18.1. The van der Waals surface area contributed by atoms with Crippen LogP contribution in [0.25, 0.3) is 0 Å². The molecule has 0 radical (unpaired) electrons. The van der Waals surface area contributed by atoms with Gasteiger partial charge in [0.1, 0.15) is 10.7 Å². The molecule has 106 valence electrons. The third kappa shape index (κ3) is 2.57. The van der Waals surface area contributed by atoms with Crippen molar-refractivity contribution >= 4 is 46.7 Å². The SMILES string of the molecule is Cc1nnc(SCC2C=C(C(=O)O)N3C(=O)C[C@H]3S2)s1.